The van der Waals surface area contributed by atoms with Gasteiger partial charge in [-0.3, -0.25) is 9.59 Å². The maximum Gasteiger partial charge on any atom is 0.259 e. The van der Waals surface area contributed by atoms with Crippen LogP contribution in [0.5, 0.6) is 0 Å². The van der Waals surface area contributed by atoms with Crippen molar-refractivity contribution in [2.24, 2.45) is 4.99 Å². The smallest absolute Gasteiger partial charge is 0.259 e. The molecule has 10 heteroatoms. The second kappa shape index (κ2) is 9.52. The fraction of sp³-hybridized carbons (Fsp3) is 0.222. The summed E-state index contributed by atoms with van der Waals surface area (Å²) < 4.78 is 17.8. The third-order valence-corrected chi connectivity index (χ3v) is 7.54. The van der Waals surface area contributed by atoms with Crippen LogP contribution < -0.4 is 10.9 Å². The molecule has 0 N–H and O–H groups in total. The highest BCUT2D eigenvalue weighted by Crippen LogP contribution is 2.36. The predicted octanol–water partition coefficient (Wildman–Crippen LogP) is 8.12. The average Bonchev–Trinajstić information content (AvgIpc) is 3.19. The number of aliphatic imine (C=N–C) groups is 1. The van der Waals surface area contributed by atoms with Gasteiger partial charge in [-0.1, -0.05) is 65.7 Å². The number of fused-ring (bicyclic) bond motifs is 3. The number of halogens is 4. The molecular formula is C27H17Cl4NO5. The summed E-state index contributed by atoms with van der Waals surface area (Å²) in [6.07, 6.45) is 7.78. The molecule has 1 saturated carbocycles. The molecule has 2 aromatic heterocycles. The van der Waals surface area contributed by atoms with Gasteiger partial charge in [0.25, 0.3) is 5.90 Å². The zero-order chi connectivity index (χ0) is 25.8. The minimum Gasteiger partial charge on any atom is -0.462 e. The molecule has 1 aliphatic heterocycles. The van der Waals surface area contributed by atoms with Crippen molar-refractivity contribution in [1.82, 2.24) is 0 Å². The van der Waals surface area contributed by atoms with Crippen molar-refractivity contribution in [3.63, 3.8) is 0 Å². The first-order chi connectivity index (χ1) is 17.8. The standard InChI is InChI=1S/C27H17Cl4NO5/c28-13-7-16-22(33)12(11-35-24(16)18(30)9-13)6-20-21-23(34)17-8-14(29)10-19(31)25(17)37-26(21)27(36-20)32-15-4-2-1-3-5-15/h6-11,15H,1-5H2/b20-6-,32-27?. The summed E-state index contributed by atoms with van der Waals surface area (Å²) in [6, 6.07) is 5.98. The molecule has 2 aromatic carbocycles. The first kappa shape index (κ1) is 24.6. The lowest BCUT2D eigenvalue weighted by atomic mass is 9.96. The van der Waals surface area contributed by atoms with Gasteiger partial charge >= 0.3 is 0 Å². The quantitative estimate of drug-likeness (QED) is 0.240. The van der Waals surface area contributed by atoms with E-state index in [1.54, 1.807) is 0 Å². The maximum absolute atomic E-state index is 13.7. The third kappa shape index (κ3) is 4.36. The van der Waals surface area contributed by atoms with E-state index in [0.717, 1.165) is 32.1 Å². The summed E-state index contributed by atoms with van der Waals surface area (Å²) in [6.45, 7) is 0. The van der Waals surface area contributed by atoms with Gasteiger partial charge in [-0.2, -0.15) is 0 Å². The Kier molecular flexibility index (Phi) is 6.32. The van der Waals surface area contributed by atoms with Crippen LogP contribution in [-0.2, 0) is 4.74 Å². The molecule has 0 saturated heterocycles. The normalized spacial score (nSPS) is 18.2. The Labute approximate surface area is 230 Å². The van der Waals surface area contributed by atoms with E-state index in [9.17, 15) is 9.59 Å². The van der Waals surface area contributed by atoms with E-state index in [4.69, 9.17) is 65.0 Å². The number of hydrogen-bond donors (Lipinski definition) is 0. The summed E-state index contributed by atoms with van der Waals surface area (Å²) >= 11 is 24.8. The Morgan fingerprint density at radius 1 is 0.838 bits per heavy atom. The van der Waals surface area contributed by atoms with Crippen LogP contribution in [0.1, 0.15) is 49.0 Å². The lowest BCUT2D eigenvalue weighted by Crippen LogP contribution is -2.14. The average molecular weight is 577 g/mol. The van der Waals surface area contributed by atoms with Gasteiger partial charge < -0.3 is 13.6 Å². The van der Waals surface area contributed by atoms with Crippen LogP contribution >= 0.6 is 46.4 Å². The molecular weight excluding hydrogens is 560 g/mol. The molecule has 0 bridgehead atoms. The van der Waals surface area contributed by atoms with E-state index in [1.807, 2.05) is 0 Å². The molecule has 0 radical (unpaired) electrons. The van der Waals surface area contributed by atoms with Crippen LogP contribution in [0.15, 0.2) is 53.9 Å². The number of benzene rings is 2. The van der Waals surface area contributed by atoms with Crippen LogP contribution in [0.3, 0.4) is 0 Å². The molecule has 0 amide bonds. The molecule has 1 fully saturated rings. The van der Waals surface area contributed by atoms with Gasteiger partial charge in [0.2, 0.25) is 11.2 Å². The molecule has 0 atom stereocenters. The van der Waals surface area contributed by atoms with Crippen LogP contribution in [0.2, 0.25) is 20.1 Å². The van der Waals surface area contributed by atoms with Gasteiger partial charge in [0.1, 0.15) is 17.6 Å². The highest BCUT2D eigenvalue weighted by Gasteiger charge is 2.34. The third-order valence-electron chi connectivity index (χ3n) is 6.54. The lowest BCUT2D eigenvalue weighted by Gasteiger charge is -2.17. The molecule has 37 heavy (non-hydrogen) atoms. The van der Waals surface area contributed by atoms with Gasteiger partial charge in [-0.25, -0.2) is 4.99 Å². The largest absolute Gasteiger partial charge is 0.462 e. The predicted molar refractivity (Wildman–Crippen MR) is 147 cm³/mol. The molecule has 6 nitrogen and oxygen atoms in total. The van der Waals surface area contributed by atoms with Crippen LogP contribution in [-0.4, -0.2) is 11.9 Å². The number of hydrogen-bond acceptors (Lipinski definition) is 6. The van der Waals surface area contributed by atoms with Crippen molar-refractivity contribution in [2.45, 2.75) is 38.1 Å². The SMILES string of the molecule is O=c1c(/C=C2\OC(=NC3CCCCC3)c3oc4c(Cl)cc(Cl)cc4c(=O)c32)coc2c(Cl)cc(Cl)cc12. The molecule has 6 rings (SSSR count). The summed E-state index contributed by atoms with van der Waals surface area (Å²) in [5, 5.41) is 1.37. The second-order valence-electron chi connectivity index (χ2n) is 9.02. The Bertz CT molecular complexity index is 1780. The maximum atomic E-state index is 13.7. The highest BCUT2D eigenvalue weighted by atomic mass is 35.5. The fourth-order valence-electron chi connectivity index (χ4n) is 4.78. The molecule has 3 heterocycles. The minimum absolute atomic E-state index is 0.0349. The first-order valence-corrected chi connectivity index (χ1v) is 13.2. The van der Waals surface area contributed by atoms with Crippen LogP contribution in [0.4, 0.5) is 0 Å². The minimum atomic E-state index is -0.406. The number of nitrogens with zero attached hydrogens (tertiary/aromatic N) is 1. The summed E-state index contributed by atoms with van der Waals surface area (Å²) in [4.78, 5) is 31.7. The van der Waals surface area contributed by atoms with Gasteiger partial charge in [-0.15, -0.1) is 0 Å². The number of rotatable bonds is 2. The molecule has 0 spiro atoms. The summed E-state index contributed by atoms with van der Waals surface area (Å²) in [5.41, 5.74) is -0.140. The van der Waals surface area contributed by atoms with E-state index in [0.29, 0.717) is 5.02 Å². The zero-order valence-electron chi connectivity index (χ0n) is 19.1. The Balaban J connectivity index is 1.58. The summed E-state index contributed by atoms with van der Waals surface area (Å²) in [7, 11) is 0. The molecule has 188 valence electrons. The van der Waals surface area contributed by atoms with Crippen molar-refractivity contribution in [1.29, 1.82) is 0 Å². The van der Waals surface area contributed by atoms with Crippen molar-refractivity contribution >= 4 is 86.1 Å². The zero-order valence-corrected chi connectivity index (χ0v) is 22.1. The Hall–Kier alpha value is -2.77. The van der Waals surface area contributed by atoms with Gasteiger partial charge in [0.15, 0.2) is 16.6 Å². The van der Waals surface area contributed by atoms with Crippen molar-refractivity contribution < 1.29 is 13.6 Å². The van der Waals surface area contributed by atoms with Crippen LogP contribution in [0.25, 0.3) is 33.8 Å². The first-order valence-electron chi connectivity index (χ1n) is 11.6. The Morgan fingerprint density at radius 3 is 2.19 bits per heavy atom. The van der Waals surface area contributed by atoms with E-state index < -0.39 is 10.9 Å². The molecule has 4 aromatic rings. The van der Waals surface area contributed by atoms with E-state index in [2.05, 4.69) is 0 Å². The fourth-order valence-corrected chi connectivity index (χ4v) is 5.85. The second-order valence-corrected chi connectivity index (χ2v) is 10.7. The van der Waals surface area contributed by atoms with E-state index >= 15 is 0 Å². The van der Waals surface area contributed by atoms with Gasteiger partial charge in [0, 0.05) is 10.0 Å². The molecule has 0 unspecified atom stereocenters. The van der Waals surface area contributed by atoms with Gasteiger partial charge in [-0.05, 0) is 43.2 Å². The van der Waals surface area contributed by atoms with E-state index in [1.165, 1.54) is 36.6 Å². The Morgan fingerprint density at radius 2 is 1.49 bits per heavy atom. The topological polar surface area (TPSA) is 82.0 Å². The lowest BCUT2D eigenvalue weighted by molar-refractivity contribution is 0.427. The monoisotopic (exact) mass is 575 g/mol. The highest BCUT2D eigenvalue weighted by molar-refractivity contribution is 6.38. The number of ether oxygens (including phenoxy) is 1. The van der Waals surface area contributed by atoms with Crippen molar-refractivity contribution in [3.8, 4) is 0 Å². The molecule has 2 aliphatic rings. The molecule has 1 aliphatic carbocycles. The van der Waals surface area contributed by atoms with Crippen LogP contribution in [0, 0.1) is 0 Å². The summed E-state index contributed by atoms with van der Waals surface area (Å²) in [5.74, 6) is 0.445. The van der Waals surface area contributed by atoms with Crippen molar-refractivity contribution in [3.05, 3.63) is 88.0 Å². The van der Waals surface area contributed by atoms with Gasteiger partial charge in [0.05, 0.1) is 32.4 Å². The van der Waals surface area contributed by atoms with E-state index in [-0.39, 0.29) is 71.6 Å². The van der Waals surface area contributed by atoms with Crippen molar-refractivity contribution in [2.75, 3.05) is 0 Å².